The van der Waals surface area contributed by atoms with Crippen LogP contribution in [0, 0.1) is 5.41 Å². The number of hydrogen-bond acceptors (Lipinski definition) is 4. The van der Waals surface area contributed by atoms with Crippen LogP contribution >= 0.6 is 11.3 Å². The minimum Gasteiger partial charge on any atom is -0.384 e. The molecule has 0 aliphatic heterocycles. The molecule has 82 valence electrons. The number of nitrogens with zero attached hydrogens (tertiary/aromatic N) is 1. The first-order valence-corrected chi connectivity index (χ1v) is 5.87. The molecule has 2 rings (SSSR count). The smallest absolute Gasteiger partial charge is 0.135 e. The van der Waals surface area contributed by atoms with Gasteiger partial charge in [-0.15, -0.1) is 11.3 Å². The normalized spacial score (nSPS) is 15.5. The summed E-state index contributed by atoms with van der Waals surface area (Å²) >= 11 is 1.54. The number of methoxy groups -OCH3 is 1. The molecule has 0 spiro atoms. The first-order chi connectivity index (χ1) is 7.22. The molecule has 0 aromatic carbocycles. The van der Waals surface area contributed by atoms with Gasteiger partial charge in [-0.2, -0.15) is 0 Å². The van der Waals surface area contributed by atoms with E-state index in [-0.39, 0.29) is 5.84 Å². The summed E-state index contributed by atoms with van der Waals surface area (Å²) in [4.78, 5) is 5.41. The molecule has 1 aliphatic carbocycles. The zero-order chi connectivity index (χ0) is 10.8. The highest BCUT2D eigenvalue weighted by molar-refractivity contribution is 7.13. The number of hydrogen-bond donors (Lipinski definition) is 2. The molecule has 1 saturated carbocycles. The lowest BCUT2D eigenvalue weighted by atomic mass is 10.2. The number of nitrogen functional groups attached to an aromatic ring is 1. The molecule has 5 heteroatoms. The third-order valence-electron chi connectivity index (χ3n) is 2.43. The van der Waals surface area contributed by atoms with Crippen LogP contribution in [0.2, 0.25) is 0 Å². The lowest BCUT2D eigenvalue weighted by Gasteiger charge is -1.95. The molecule has 3 N–H and O–H groups in total. The molecule has 0 saturated heterocycles. The Kier molecular flexibility index (Phi) is 3.02. The molecule has 15 heavy (non-hydrogen) atoms. The van der Waals surface area contributed by atoms with Gasteiger partial charge in [0.15, 0.2) is 0 Å². The first-order valence-electron chi connectivity index (χ1n) is 5.05. The van der Waals surface area contributed by atoms with E-state index in [1.807, 2.05) is 0 Å². The van der Waals surface area contributed by atoms with Crippen molar-refractivity contribution < 1.29 is 4.74 Å². The molecular weight excluding hydrogens is 210 g/mol. The molecule has 0 amide bonds. The van der Waals surface area contributed by atoms with Crippen molar-refractivity contribution in [1.29, 1.82) is 5.41 Å². The zero-order valence-corrected chi connectivity index (χ0v) is 9.56. The molecule has 0 bridgehead atoms. The van der Waals surface area contributed by atoms with Crippen molar-refractivity contribution in [2.45, 2.75) is 25.2 Å². The monoisotopic (exact) mass is 225 g/mol. The highest BCUT2D eigenvalue weighted by atomic mass is 32.1. The molecule has 0 radical (unpaired) electrons. The largest absolute Gasteiger partial charge is 0.384 e. The fourth-order valence-electron chi connectivity index (χ4n) is 1.50. The van der Waals surface area contributed by atoms with Gasteiger partial charge in [0.2, 0.25) is 0 Å². The summed E-state index contributed by atoms with van der Waals surface area (Å²) in [7, 11) is 1.68. The highest BCUT2D eigenvalue weighted by Gasteiger charge is 2.30. The second-order valence-electron chi connectivity index (χ2n) is 3.75. The highest BCUT2D eigenvalue weighted by Crippen LogP contribution is 2.42. The zero-order valence-electron chi connectivity index (χ0n) is 8.75. The molecule has 0 atom stereocenters. The van der Waals surface area contributed by atoms with E-state index in [0.29, 0.717) is 12.5 Å². The fourth-order valence-corrected chi connectivity index (χ4v) is 2.49. The van der Waals surface area contributed by atoms with Gasteiger partial charge in [0.1, 0.15) is 5.84 Å². The van der Waals surface area contributed by atoms with Gasteiger partial charge in [-0.1, -0.05) is 0 Å². The topological polar surface area (TPSA) is 72.0 Å². The van der Waals surface area contributed by atoms with E-state index in [9.17, 15) is 0 Å². The Bertz CT molecular complexity index is 371. The Morgan fingerprint density at radius 2 is 2.40 bits per heavy atom. The van der Waals surface area contributed by atoms with Crippen LogP contribution in [0.5, 0.6) is 0 Å². The van der Waals surface area contributed by atoms with Crippen LogP contribution in [0.4, 0.5) is 0 Å². The summed E-state index contributed by atoms with van der Waals surface area (Å²) in [5, 5.41) is 8.54. The maximum atomic E-state index is 7.50. The summed E-state index contributed by atoms with van der Waals surface area (Å²) in [5.41, 5.74) is 6.58. The van der Waals surface area contributed by atoms with Crippen molar-refractivity contribution in [3.63, 3.8) is 0 Å². The van der Waals surface area contributed by atoms with Gasteiger partial charge in [-0.3, -0.25) is 5.41 Å². The van der Waals surface area contributed by atoms with Crippen LogP contribution in [-0.2, 0) is 11.2 Å². The first kappa shape index (κ1) is 10.6. The Morgan fingerprint density at radius 3 is 2.93 bits per heavy atom. The Labute approximate surface area is 93.0 Å². The minimum atomic E-state index is 0.151. The quantitative estimate of drug-likeness (QED) is 0.589. The van der Waals surface area contributed by atoms with Crippen LogP contribution < -0.4 is 5.73 Å². The van der Waals surface area contributed by atoms with Crippen molar-refractivity contribution in [1.82, 2.24) is 4.98 Å². The Hall–Kier alpha value is -0.940. The summed E-state index contributed by atoms with van der Waals surface area (Å²) in [6.45, 7) is 0.676. The summed E-state index contributed by atoms with van der Waals surface area (Å²) in [6.07, 6.45) is 3.19. The number of thiazole rings is 1. The summed E-state index contributed by atoms with van der Waals surface area (Å²) in [5.74, 6) is 0.703. The summed E-state index contributed by atoms with van der Waals surface area (Å²) in [6, 6.07) is 0. The molecule has 0 unspecified atom stereocenters. The van der Waals surface area contributed by atoms with E-state index in [4.69, 9.17) is 15.9 Å². The second kappa shape index (κ2) is 4.28. The average molecular weight is 225 g/mol. The molecular formula is C10H15N3OS. The van der Waals surface area contributed by atoms with Crippen molar-refractivity contribution in [3.05, 3.63) is 15.6 Å². The molecule has 1 fully saturated rings. The molecule has 1 aromatic heterocycles. The second-order valence-corrected chi connectivity index (χ2v) is 4.84. The predicted molar refractivity (Wildman–Crippen MR) is 60.7 cm³/mol. The third-order valence-corrected chi connectivity index (χ3v) is 3.59. The van der Waals surface area contributed by atoms with E-state index in [1.54, 1.807) is 7.11 Å². The van der Waals surface area contributed by atoms with Crippen LogP contribution in [0.3, 0.4) is 0 Å². The van der Waals surface area contributed by atoms with E-state index < -0.39 is 0 Å². The molecule has 4 nitrogen and oxygen atoms in total. The van der Waals surface area contributed by atoms with Crippen molar-refractivity contribution in [2.24, 2.45) is 5.73 Å². The summed E-state index contributed by atoms with van der Waals surface area (Å²) < 4.78 is 5.01. The fraction of sp³-hybridized carbons (Fsp3) is 0.600. The molecule has 1 heterocycles. The number of ether oxygens (including phenoxy) is 1. The van der Waals surface area contributed by atoms with Crippen LogP contribution in [0.15, 0.2) is 0 Å². The van der Waals surface area contributed by atoms with Gasteiger partial charge in [0.05, 0.1) is 22.2 Å². The van der Waals surface area contributed by atoms with Crippen molar-refractivity contribution >= 4 is 17.2 Å². The van der Waals surface area contributed by atoms with Gasteiger partial charge >= 0.3 is 0 Å². The predicted octanol–water partition coefficient (Wildman–Crippen LogP) is 1.49. The van der Waals surface area contributed by atoms with Crippen molar-refractivity contribution in [2.75, 3.05) is 13.7 Å². The van der Waals surface area contributed by atoms with Crippen LogP contribution in [0.1, 0.15) is 34.3 Å². The molecule has 1 aromatic rings. The molecule has 1 aliphatic rings. The van der Waals surface area contributed by atoms with Gasteiger partial charge < -0.3 is 10.5 Å². The van der Waals surface area contributed by atoms with E-state index in [1.165, 1.54) is 24.2 Å². The number of rotatable bonds is 5. The number of amidine groups is 1. The van der Waals surface area contributed by atoms with Gasteiger partial charge in [-0.25, -0.2) is 4.98 Å². The van der Waals surface area contributed by atoms with Gasteiger partial charge in [0.25, 0.3) is 0 Å². The van der Waals surface area contributed by atoms with Crippen LogP contribution in [0.25, 0.3) is 0 Å². The maximum absolute atomic E-state index is 7.50. The van der Waals surface area contributed by atoms with E-state index >= 15 is 0 Å². The Morgan fingerprint density at radius 1 is 1.67 bits per heavy atom. The van der Waals surface area contributed by atoms with E-state index in [2.05, 4.69) is 4.98 Å². The van der Waals surface area contributed by atoms with Gasteiger partial charge in [-0.05, 0) is 12.8 Å². The lowest BCUT2D eigenvalue weighted by molar-refractivity contribution is 0.202. The van der Waals surface area contributed by atoms with E-state index in [0.717, 1.165) is 22.0 Å². The maximum Gasteiger partial charge on any atom is 0.135 e. The van der Waals surface area contributed by atoms with Gasteiger partial charge in [0, 0.05) is 19.4 Å². The lowest BCUT2D eigenvalue weighted by Crippen LogP contribution is -2.11. The van der Waals surface area contributed by atoms with Crippen molar-refractivity contribution in [3.8, 4) is 0 Å². The number of nitrogens with one attached hydrogen (secondary N) is 1. The number of aromatic nitrogens is 1. The average Bonchev–Trinajstić information content (AvgIpc) is 2.95. The van der Waals surface area contributed by atoms with Crippen LogP contribution in [-0.4, -0.2) is 24.5 Å². The standard InChI is InChI=1S/C10H15N3OS/c1-14-5-4-7-13-8(6-2-3-6)9(15-7)10(11)12/h6H,2-5H2,1H3,(H3,11,12). The SMILES string of the molecule is COCCc1nc(C2CC2)c(C(=N)N)s1. The number of nitrogens with two attached hydrogens (primary N) is 1. The Balaban J connectivity index is 2.19. The minimum absolute atomic E-state index is 0.151. The third kappa shape index (κ3) is 2.35.